The number of aromatic nitrogens is 1. The summed E-state index contributed by atoms with van der Waals surface area (Å²) in [6.07, 6.45) is 7.20. The molecule has 1 aromatic heterocycles. The summed E-state index contributed by atoms with van der Waals surface area (Å²) in [5, 5.41) is 53.3. The topological polar surface area (TPSA) is 195 Å². The van der Waals surface area contributed by atoms with Gasteiger partial charge in [-0.25, -0.2) is 0 Å². The van der Waals surface area contributed by atoms with Gasteiger partial charge in [-0.3, -0.25) is 19.4 Å². The van der Waals surface area contributed by atoms with E-state index in [0.29, 0.717) is 24.2 Å². The fourth-order valence-electron chi connectivity index (χ4n) is 6.84. The van der Waals surface area contributed by atoms with E-state index < -0.39 is 63.6 Å². The quantitative estimate of drug-likeness (QED) is 0.239. The number of nitrogens with two attached hydrogens (primary N) is 1. The Kier molecular flexibility index (Phi) is 7.22. The van der Waals surface area contributed by atoms with E-state index in [1.807, 2.05) is 19.9 Å². The van der Waals surface area contributed by atoms with Gasteiger partial charge in [0.25, 0.3) is 5.91 Å². The number of anilines is 1. The van der Waals surface area contributed by atoms with E-state index >= 15 is 0 Å². The van der Waals surface area contributed by atoms with Crippen LogP contribution in [0, 0.1) is 11.3 Å². The average molecular weight is 563 g/mol. The molecule has 1 aromatic rings. The highest BCUT2D eigenvalue weighted by Gasteiger charge is 2.65. The van der Waals surface area contributed by atoms with Crippen molar-refractivity contribution in [2.75, 3.05) is 18.4 Å². The molecule has 8 N–H and O–H groups in total. The van der Waals surface area contributed by atoms with E-state index in [0.717, 1.165) is 5.57 Å². The van der Waals surface area contributed by atoms with Gasteiger partial charge in [0.1, 0.15) is 23.2 Å². The lowest BCUT2D eigenvalue weighted by molar-refractivity contribution is -0.133. The first kappa shape index (κ1) is 28.5. The number of carbonyl (C=O) groups is 3. The van der Waals surface area contributed by atoms with E-state index in [1.165, 1.54) is 6.08 Å². The molecule has 11 heteroatoms. The Hall–Kier alpha value is -4.06. The minimum atomic E-state index is -2.62. The molecule has 0 radical (unpaired) electrons. The predicted octanol–water partition coefficient (Wildman–Crippen LogP) is 1.44. The van der Waals surface area contributed by atoms with Gasteiger partial charge in [0, 0.05) is 41.4 Å². The molecule has 216 valence electrons. The summed E-state index contributed by atoms with van der Waals surface area (Å²) < 4.78 is 0. The lowest BCUT2D eigenvalue weighted by atomic mass is 9.52. The maximum absolute atomic E-state index is 13.5. The number of ketones is 2. The number of nitrogens with zero attached hydrogens (tertiary/aromatic N) is 1. The standard InChI is InChI=1S/C30H34N4O7/c1-3-9-33-23-18-12-29(14-34-16-6-5-10-32-13-16)11-17-15(4-2)7-8-19(35)20(17)24(36)22(29)27(39)30(18,41)26(38)21(25(23)37)28(31)40/h4-8,10,13,18,23-24,33-34,36,38-39,41H,3,9,11-12,14H2,1-2H3,(H2,31,40). The van der Waals surface area contributed by atoms with Crippen LogP contribution in [0.1, 0.15) is 33.1 Å². The summed E-state index contributed by atoms with van der Waals surface area (Å²) in [5.74, 6) is -5.51. The van der Waals surface area contributed by atoms with Crippen molar-refractivity contribution in [1.29, 1.82) is 0 Å². The normalized spacial score (nSPS) is 32.2. The minimum Gasteiger partial charge on any atom is -0.509 e. The van der Waals surface area contributed by atoms with Gasteiger partial charge in [0.15, 0.2) is 17.2 Å². The average Bonchev–Trinajstić information content (AvgIpc) is 2.94. The minimum absolute atomic E-state index is 0.0118. The molecule has 0 saturated carbocycles. The number of allylic oxidation sites excluding steroid dienone is 5. The number of aliphatic hydroxyl groups excluding tert-OH is 3. The molecule has 11 nitrogen and oxygen atoms in total. The third kappa shape index (κ3) is 4.23. The van der Waals surface area contributed by atoms with Gasteiger partial charge in [-0.1, -0.05) is 19.1 Å². The van der Waals surface area contributed by atoms with E-state index in [4.69, 9.17) is 5.73 Å². The molecule has 0 bridgehead atoms. The molecule has 0 fully saturated rings. The van der Waals surface area contributed by atoms with Crippen molar-refractivity contribution in [3.8, 4) is 0 Å². The monoisotopic (exact) mass is 562 g/mol. The molecule has 0 spiro atoms. The molecule has 5 unspecified atom stereocenters. The zero-order valence-corrected chi connectivity index (χ0v) is 22.8. The van der Waals surface area contributed by atoms with Crippen LogP contribution in [0.3, 0.4) is 0 Å². The number of pyridine rings is 1. The smallest absolute Gasteiger partial charge is 0.255 e. The van der Waals surface area contributed by atoms with Crippen LogP contribution in [0.25, 0.3) is 0 Å². The second kappa shape index (κ2) is 10.4. The number of aliphatic hydroxyl groups is 4. The Morgan fingerprint density at radius 1 is 1.24 bits per heavy atom. The molecular weight excluding hydrogens is 528 g/mol. The molecule has 5 atom stereocenters. The lowest BCUT2D eigenvalue weighted by Gasteiger charge is -2.55. The maximum Gasteiger partial charge on any atom is 0.255 e. The molecule has 0 aliphatic heterocycles. The van der Waals surface area contributed by atoms with E-state index in [1.54, 1.807) is 30.6 Å². The molecule has 1 heterocycles. The molecule has 1 amide bonds. The van der Waals surface area contributed by atoms with Crippen LogP contribution in [0.5, 0.6) is 0 Å². The van der Waals surface area contributed by atoms with E-state index in [2.05, 4.69) is 15.6 Å². The highest BCUT2D eigenvalue weighted by Crippen LogP contribution is 2.60. The van der Waals surface area contributed by atoms with Crippen molar-refractivity contribution in [2.24, 2.45) is 17.1 Å². The molecule has 5 rings (SSSR count). The third-order valence-corrected chi connectivity index (χ3v) is 8.74. The van der Waals surface area contributed by atoms with Gasteiger partial charge >= 0.3 is 0 Å². The lowest BCUT2D eigenvalue weighted by Crippen LogP contribution is -2.65. The number of carbonyl (C=O) groups excluding carboxylic acids is 3. The Bertz CT molecular complexity index is 1470. The highest BCUT2D eigenvalue weighted by molar-refractivity contribution is 6.22. The number of amides is 1. The van der Waals surface area contributed by atoms with Crippen LogP contribution in [-0.2, 0) is 14.4 Å². The van der Waals surface area contributed by atoms with Crippen LogP contribution < -0.4 is 16.4 Å². The molecular formula is C30H34N4O7. The van der Waals surface area contributed by atoms with Crippen molar-refractivity contribution in [3.63, 3.8) is 0 Å². The summed E-state index contributed by atoms with van der Waals surface area (Å²) in [7, 11) is 0. The summed E-state index contributed by atoms with van der Waals surface area (Å²) >= 11 is 0. The molecule has 41 heavy (non-hydrogen) atoms. The van der Waals surface area contributed by atoms with Crippen LogP contribution in [0.4, 0.5) is 5.69 Å². The fourth-order valence-corrected chi connectivity index (χ4v) is 6.84. The molecule has 0 saturated heterocycles. The third-order valence-electron chi connectivity index (χ3n) is 8.74. The van der Waals surface area contributed by atoms with Gasteiger partial charge in [-0.2, -0.15) is 0 Å². The number of nitrogens with one attached hydrogen (secondary N) is 2. The largest absolute Gasteiger partial charge is 0.509 e. The molecule has 4 aliphatic rings. The van der Waals surface area contributed by atoms with Gasteiger partial charge < -0.3 is 36.8 Å². The van der Waals surface area contributed by atoms with Crippen LogP contribution in [0.2, 0.25) is 0 Å². The van der Waals surface area contributed by atoms with Gasteiger partial charge in [0.2, 0.25) is 0 Å². The number of primary amides is 1. The first-order valence-electron chi connectivity index (χ1n) is 13.6. The van der Waals surface area contributed by atoms with Crippen molar-refractivity contribution < 1.29 is 34.8 Å². The predicted molar refractivity (Wildman–Crippen MR) is 149 cm³/mol. The summed E-state index contributed by atoms with van der Waals surface area (Å²) in [6, 6.07) is 2.36. The maximum atomic E-state index is 13.5. The Balaban J connectivity index is 1.77. The number of hydrogen-bond donors (Lipinski definition) is 7. The number of hydrogen-bond acceptors (Lipinski definition) is 10. The van der Waals surface area contributed by atoms with Crippen molar-refractivity contribution >= 4 is 23.2 Å². The Labute approximate surface area is 236 Å². The first-order valence-corrected chi connectivity index (χ1v) is 13.6. The van der Waals surface area contributed by atoms with Gasteiger partial charge in [0.05, 0.1) is 11.7 Å². The summed E-state index contributed by atoms with van der Waals surface area (Å²) in [4.78, 5) is 43.0. The van der Waals surface area contributed by atoms with Crippen molar-refractivity contribution in [1.82, 2.24) is 10.3 Å². The number of Topliss-reactive ketones (excluding diaryl/α,β-unsaturated/α-hetero) is 1. The van der Waals surface area contributed by atoms with Gasteiger partial charge in [-0.05, 0) is 62.1 Å². The summed E-state index contributed by atoms with van der Waals surface area (Å²) in [5.41, 5.74) is 2.87. The van der Waals surface area contributed by atoms with E-state index in [9.17, 15) is 34.8 Å². The van der Waals surface area contributed by atoms with Crippen molar-refractivity contribution in [2.45, 2.75) is 50.9 Å². The second-order valence-electron chi connectivity index (χ2n) is 11.0. The number of fused-ring (bicyclic) bond motifs is 2. The van der Waals surface area contributed by atoms with Crippen LogP contribution in [-0.4, -0.2) is 73.7 Å². The zero-order valence-electron chi connectivity index (χ0n) is 22.8. The summed E-state index contributed by atoms with van der Waals surface area (Å²) in [6.45, 7) is 4.15. The van der Waals surface area contributed by atoms with Crippen LogP contribution in [0.15, 0.2) is 82.1 Å². The first-order chi connectivity index (χ1) is 19.5. The molecule has 0 aromatic carbocycles. The van der Waals surface area contributed by atoms with Gasteiger partial charge in [-0.15, -0.1) is 0 Å². The second-order valence-corrected chi connectivity index (χ2v) is 11.0. The fraction of sp³-hybridized carbons (Fsp3) is 0.400. The van der Waals surface area contributed by atoms with Crippen LogP contribution >= 0.6 is 0 Å². The zero-order chi connectivity index (χ0) is 29.7. The Morgan fingerprint density at radius 3 is 2.63 bits per heavy atom. The SMILES string of the molecule is CC=C1C=CC(=O)C2=C1CC1(CNc3cccnc3)CC3C(NCCC)C(=O)C(C(N)=O)=C(O)C3(O)C(O)=C1C2O. The van der Waals surface area contributed by atoms with Crippen molar-refractivity contribution in [3.05, 3.63) is 82.1 Å². The molecule has 4 aliphatic carbocycles. The highest BCUT2D eigenvalue weighted by atomic mass is 16.4. The Morgan fingerprint density at radius 2 is 2.00 bits per heavy atom. The van der Waals surface area contributed by atoms with E-state index in [-0.39, 0.29) is 30.5 Å². The number of rotatable bonds is 7.